The number of rotatable bonds is 4. The molecular formula is C9H11BrClNO2. The molecule has 14 heavy (non-hydrogen) atoms. The van der Waals surface area contributed by atoms with Crippen molar-refractivity contribution in [3.8, 4) is 0 Å². The molecule has 3 nitrogen and oxygen atoms in total. The van der Waals surface area contributed by atoms with Crippen LogP contribution in [0.1, 0.15) is 18.1 Å². The fourth-order valence-electron chi connectivity index (χ4n) is 1.08. The molecule has 78 valence electrons. The Bertz CT molecular complexity index is 298. The molecule has 0 aliphatic carbocycles. The highest BCUT2D eigenvalue weighted by Crippen LogP contribution is 2.25. The van der Waals surface area contributed by atoms with Gasteiger partial charge in [0.1, 0.15) is 6.10 Å². The molecule has 0 bridgehead atoms. The van der Waals surface area contributed by atoms with Crippen molar-refractivity contribution in [2.24, 2.45) is 0 Å². The lowest BCUT2D eigenvalue weighted by Crippen LogP contribution is -2.19. The van der Waals surface area contributed by atoms with E-state index in [0.29, 0.717) is 22.3 Å². The van der Waals surface area contributed by atoms with E-state index in [1.807, 2.05) is 0 Å². The van der Waals surface area contributed by atoms with Gasteiger partial charge in [-0.3, -0.25) is 4.98 Å². The van der Waals surface area contributed by atoms with Crippen LogP contribution in [0.5, 0.6) is 0 Å². The number of hydrogen-bond acceptors (Lipinski definition) is 3. The number of nitrogens with zero attached hydrogens (tertiary/aromatic N) is 1. The third-order valence-electron chi connectivity index (χ3n) is 1.88. The maximum Gasteiger partial charge on any atom is 0.108 e. The summed E-state index contributed by atoms with van der Waals surface area (Å²) >= 11 is 9.03. The minimum atomic E-state index is -0.978. The van der Waals surface area contributed by atoms with Crippen molar-refractivity contribution in [2.45, 2.75) is 18.6 Å². The van der Waals surface area contributed by atoms with E-state index in [2.05, 4.69) is 20.9 Å². The molecule has 0 aromatic carbocycles. The SMILES string of the molecule is OC(CCBr)C(O)c1cnccc1Cl. The van der Waals surface area contributed by atoms with Crippen molar-refractivity contribution in [3.05, 3.63) is 29.0 Å². The minimum Gasteiger partial charge on any atom is -0.390 e. The van der Waals surface area contributed by atoms with Crippen LogP contribution in [0.2, 0.25) is 5.02 Å². The molecule has 0 radical (unpaired) electrons. The molecule has 2 N–H and O–H groups in total. The predicted octanol–water partition coefficient (Wildman–Crippen LogP) is 1.91. The zero-order chi connectivity index (χ0) is 10.6. The zero-order valence-corrected chi connectivity index (χ0v) is 9.74. The number of halogens is 2. The first-order valence-electron chi connectivity index (χ1n) is 4.18. The third kappa shape index (κ3) is 2.92. The summed E-state index contributed by atoms with van der Waals surface area (Å²) in [5.74, 6) is 0. The Kier molecular flexibility index (Phi) is 4.81. The van der Waals surface area contributed by atoms with Crippen LogP contribution in [0.4, 0.5) is 0 Å². The number of aliphatic hydroxyl groups excluding tert-OH is 2. The summed E-state index contributed by atoms with van der Waals surface area (Å²) in [6.07, 6.45) is 1.66. The Labute approximate surface area is 95.9 Å². The van der Waals surface area contributed by atoms with Crippen LogP contribution in [0.25, 0.3) is 0 Å². The zero-order valence-electron chi connectivity index (χ0n) is 7.40. The van der Waals surface area contributed by atoms with E-state index in [4.69, 9.17) is 11.6 Å². The Morgan fingerprint density at radius 2 is 2.21 bits per heavy atom. The van der Waals surface area contributed by atoms with Gasteiger partial charge in [-0.2, -0.15) is 0 Å². The van der Waals surface area contributed by atoms with Gasteiger partial charge in [-0.05, 0) is 12.5 Å². The summed E-state index contributed by atoms with van der Waals surface area (Å²) in [7, 11) is 0. The number of aliphatic hydroxyl groups is 2. The molecule has 2 unspecified atom stereocenters. The van der Waals surface area contributed by atoms with Crippen LogP contribution < -0.4 is 0 Å². The molecule has 0 spiro atoms. The maximum atomic E-state index is 9.71. The molecule has 2 atom stereocenters. The van der Waals surface area contributed by atoms with Gasteiger partial charge in [0.25, 0.3) is 0 Å². The standard InChI is InChI=1S/C9H11BrClNO2/c10-3-1-8(13)9(14)6-5-12-4-2-7(6)11/h2,4-5,8-9,13-14H,1,3H2. The Balaban J connectivity index is 2.78. The monoisotopic (exact) mass is 279 g/mol. The van der Waals surface area contributed by atoms with Gasteiger partial charge < -0.3 is 10.2 Å². The van der Waals surface area contributed by atoms with Crippen molar-refractivity contribution in [1.29, 1.82) is 0 Å². The largest absolute Gasteiger partial charge is 0.390 e. The van der Waals surface area contributed by atoms with E-state index in [9.17, 15) is 10.2 Å². The Morgan fingerprint density at radius 3 is 2.79 bits per heavy atom. The first-order valence-corrected chi connectivity index (χ1v) is 5.68. The van der Waals surface area contributed by atoms with Crippen molar-refractivity contribution >= 4 is 27.5 Å². The van der Waals surface area contributed by atoms with Gasteiger partial charge in [0.2, 0.25) is 0 Å². The first-order chi connectivity index (χ1) is 6.66. The van der Waals surface area contributed by atoms with Crippen LogP contribution in [0.3, 0.4) is 0 Å². The van der Waals surface area contributed by atoms with Crippen LogP contribution >= 0.6 is 27.5 Å². The van der Waals surface area contributed by atoms with Gasteiger partial charge in [0.15, 0.2) is 0 Å². The van der Waals surface area contributed by atoms with Crippen molar-refractivity contribution in [2.75, 3.05) is 5.33 Å². The highest BCUT2D eigenvalue weighted by atomic mass is 79.9. The summed E-state index contributed by atoms with van der Waals surface area (Å²) in [5, 5.41) is 20.3. The lowest BCUT2D eigenvalue weighted by molar-refractivity contribution is 0.0172. The molecule has 1 aromatic rings. The summed E-state index contributed by atoms with van der Waals surface area (Å²) in [6, 6.07) is 1.58. The fraction of sp³-hybridized carbons (Fsp3) is 0.444. The molecule has 0 saturated heterocycles. The van der Waals surface area contributed by atoms with Gasteiger partial charge in [-0.25, -0.2) is 0 Å². The molecule has 0 saturated carbocycles. The van der Waals surface area contributed by atoms with Crippen molar-refractivity contribution < 1.29 is 10.2 Å². The molecule has 1 heterocycles. The topological polar surface area (TPSA) is 53.4 Å². The number of aromatic nitrogens is 1. The van der Waals surface area contributed by atoms with E-state index in [1.165, 1.54) is 12.4 Å². The molecular weight excluding hydrogens is 269 g/mol. The number of pyridine rings is 1. The number of hydrogen-bond donors (Lipinski definition) is 2. The van der Waals surface area contributed by atoms with Crippen LogP contribution in [0, 0.1) is 0 Å². The second kappa shape index (κ2) is 5.66. The minimum absolute atomic E-state index is 0.418. The quantitative estimate of drug-likeness (QED) is 0.829. The van der Waals surface area contributed by atoms with E-state index < -0.39 is 12.2 Å². The van der Waals surface area contributed by atoms with E-state index in [0.717, 1.165) is 0 Å². The third-order valence-corrected chi connectivity index (χ3v) is 2.69. The summed E-state index contributed by atoms with van der Waals surface area (Å²) in [5.41, 5.74) is 0.461. The molecule has 0 aliphatic rings. The van der Waals surface area contributed by atoms with Gasteiger partial charge in [0, 0.05) is 28.3 Å². The Morgan fingerprint density at radius 1 is 1.50 bits per heavy atom. The molecule has 1 aromatic heterocycles. The summed E-state index contributed by atoms with van der Waals surface area (Å²) < 4.78 is 0. The average Bonchev–Trinajstić information content (AvgIpc) is 2.18. The van der Waals surface area contributed by atoms with Gasteiger partial charge >= 0.3 is 0 Å². The predicted molar refractivity (Wildman–Crippen MR) is 58.6 cm³/mol. The van der Waals surface area contributed by atoms with Crippen LogP contribution in [-0.4, -0.2) is 26.6 Å². The van der Waals surface area contributed by atoms with E-state index >= 15 is 0 Å². The molecule has 1 rings (SSSR count). The molecule has 0 amide bonds. The van der Waals surface area contributed by atoms with Crippen molar-refractivity contribution in [1.82, 2.24) is 4.98 Å². The van der Waals surface area contributed by atoms with Gasteiger partial charge in [-0.1, -0.05) is 27.5 Å². The molecule has 5 heteroatoms. The molecule has 0 aliphatic heterocycles. The van der Waals surface area contributed by atoms with Crippen LogP contribution in [-0.2, 0) is 0 Å². The smallest absolute Gasteiger partial charge is 0.108 e. The molecule has 0 fully saturated rings. The van der Waals surface area contributed by atoms with E-state index in [-0.39, 0.29) is 0 Å². The second-order valence-corrected chi connectivity index (χ2v) is 4.09. The fourth-order valence-corrected chi connectivity index (χ4v) is 1.77. The van der Waals surface area contributed by atoms with Gasteiger partial charge in [0.05, 0.1) is 6.10 Å². The maximum absolute atomic E-state index is 9.71. The lowest BCUT2D eigenvalue weighted by Gasteiger charge is -2.17. The second-order valence-electron chi connectivity index (χ2n) is 2.89. The van der Waals surface area contributed by atoms with Crippen molar-refractivity contribution in [3.63, 3.8) is 0 Å². The average molecular weight is 281 g/mol. The highest BCUT2D eigenvalue weighted by molar-refractivity contribution is 9.09. The number of alkyl halides is 1. The Hall–Kier alpha value is -0.160. The lowest BCUT2D eigenvalue weighted by atomic mass is 10.0. The first kappa shape index (κ1) is 11.9. The summed E-state index contributed by atoms with van der Waals surface area (Å²) in [4.78, 5) is 3.84. The summed E-state index contributed by atoms with van der Waals surface area (Å²) in [6.45, 7) is 0. The van der Waals surface area contributed by atoms with E-state index in [1.54, 1.807) is 6.07 Å². The highest BCUT2D eigenvalue weighted by Gasteiger charge is 2.19. The normalized spacial score (nSPS) is 15.1. The van der Waals surface area contributed by atoms with Crippen LogP contribution in [0.15, 0.2) is 18.5 Å². The van der Waals surface area contributed by atoms with Gasteiger partial charge in [-0.15, -0.1) is 0 Å².